The molecule has 3 nitrogen and oxygen atoms in total. The lowest BCUT2D eigenvalue weighted by Crippen LogP contribution is -2.32. The van der Waals surface area contributed by atoms with E-state index >= 15 is 0 Å². The predicted molar refractivity (Wildman–Crippen MR) is 134 cm³/mol. The molecule has 4 rings (SSSR count). The minimum Gasteiger partial charge on any atom is -0.481 e. The van der Waals surface area contributed by atoms with Gasteiger partial charge >= 0.3 is 0 Å². The first-order valence-corrected chi connectivity index (χ1v) is 11.8. The molecule has 0 unspecified atom stereocenters. The molecule has 4 aromatic rings. The highest BCUT2D eigenvalue weighted by atomic mass is 32.2. The van der Waals surface area contributed by atoms with E-state index in [0.717, 1.165) is 27.8 Å². The van der Waals surface area contributed by atoms with Crippen molar-refractivity contribution >= 4 is 34.1 Å². The highest BCUT2D eigenvalue weighted by Crippen LogP contribution is 2.26. The number of hydrogen-bond donors (Lipinski definition) is 1. The van der Waals surface area contributed by atoms with Gasteiger partial charge in [-0.15, -0.1) is 11.8 Å². The molecule has 0 fully saturated rings. The van der Waals surface area contributed by atoms with Gasteiger partial charge < -0.3 is 10.1 Å². The molecular weight excluding hydrogens is 414 g/mol. The highest BCUT2D eigenvalue weighted by molar-refractivity contribution is 7.98. The van der Waals surface area contributed by atoms with E-state index in [0.29, 0.717) is 12.2 Å². The smallest absolute Gasteiger partial charge is 0.265 e. The molecule has 0 saturated heterocycles. The van der Waals surface area contributed by atoms with Crippen LogP contribution in [0, 0.1) is 6.92 Å². The van der Waals surface area contributed by atoms with Crippen LogP contribution >= 0.6 is 11.8 Å². The Morgan fingerprint density at radius 1 is 0.906 bits per heavy atom. The van der Waals surface area contributed by atoms with Crippen LogP contribution in [0.15, 0.2) is 95.9 Å². The average Bonchev–Trinajstić information content (AvgIpc) is 2.83. The first-order chi connectivity index (χ1) is 15.6. The monoisotopic (exact) mass is 441 g/mol. The van der Waals surface area contributed by atoms with Crippen LogP contribution in [0.5, 0.6) is 5.75 Å². The molecule has 0 heterocycles. The summed E-state index contributed by atoms with van der Waals surface area (Å²) in [6.07, 6.45) is 0.0348. The lowest BCUT2D eigenvalue weighted by Gasteiger charge is -2.19. The number of carbonyl (C=O) groups excluding carboxylic acids is 1. The van der Waals surface area contributed by atoms with Crippen LogP contribution in [0.1, 0.15) is 24.5 Å². The molecule has 4 aromatic carbocycles. The summed E-state index contributed by atoms with van der Waals surface area (Å²) in [4.78, 5) is 14.2. The second kappa shape index (κ2) is 10.4. The fraction of sp³-hybridized carbons (Fsp3) is 0.179. The van der Waals surface area contributed by atoms with Crippen LogP contribution in [0.25, 0.3) is 10.8 Å². The second-order valence-corrected chi connectivity index (χ2v) is 8.81. The van der Waals surface area contributed by atoms with Gasteiger partial charge in [-0.1, -0.05) is 67.6 Å². The third-order valence-corrected chi connectivity index (χ3v) is 6.44. The van der Waals surface area contributed by atoms with Crippen molar-refractivity contribution in [3.63, 3.8) is 0 Å². The Balaban J connectivity index is 1.39. The van der Waals surface area contributed by atoms with Crippen molar-refractivity contribution in [3.05, 3.63) is 102 Å². The van der Waals surface area contributed by atoms with Crippen molar-refractivity contribution < 1.29 is 9.53 Å². The molecule has 0 radical (unpaired) electrons. The van der Waals surface area contributed by atoms with Crippen molar-refractivity contribution in [3.8, 4) is 5.75 Å². The number of fused-ring (bicyclic) bond motifs is 1. The number of hydrogen-bond acceptors (Lipinski definition) is 3. The molecule has 4 heteroatoms. The van der Waals surface area contributed by atoms with Crippen molar-refractivity contribution in [1.29, 1.82) is 0 Å². The molecule has 1 N–H and O–H groups in total. The summed E-state index contributed by atoms with van der Waals surface area (Å²) in [6.45, 7) is 3.99. The van der Waals surface area contributed by atoms with Gasteiger partial charge in [0.2, 0.25) is 0 Å². The highest BCUT2D eigenvalue weighted by Gasteiger charge is 2.19. The minimum atomic E-state index is -0.552. The molecule has 0 saturated carbocycles. The number of rotatable bonds is 8. The standard InChI is InChI=1S/C28H27NO2S/c1-3-27(31-24-15-14-22-9-7-8-10-23(22)18-24)28(30)29-26-16-13-21(17-20(26)2)19-32-25-11-5-4-6-12-25/h4-18,27H,3,19H2,1-2H3,(H,29,30)/t27-/m1/s1. The van der Waals surface area contributed by atoms with Gasteiger partial charge in [0, 0.05) is 16.3 Å². The van der Waals surface area contributed by atoms with Crippen molar-refractivity contribution in [2.24, 2.45) is 0 Å². The Labute approximate surface area is 193 Å². The van der Waals surface area contributed by atoms with E-state index in [4.69, 9.17) is 4.74 Å². The van der Waals surface area contributed by atoms with Crippen LogP contribution in [0.3, 0.4) is 0 Å². The average molecular weight is 442 g/mol. The minimum absolute atomic E-state index is 0.129. The lowest BCUT2D eigenvalue weighted by atomic mass is 10.1. The molecule has 0 aliphatic heterocycles. The zero-order chi connectivity index (χ0) is 22.3. The van der Waals surface area contributed by atoms with Crippen molar-refractivity contribution in [2.45, 2.75) is 37.0 Å². The first-order valence-electron chi connectivity index (χ1n) is 10.9. The second-order valence-electron chi connectivity index (χ2n) is 7.76. The van der Waals surface area contributed by atoms with E-state index < -0.39 is 6.10 Å². The molecule has 0 aliphatic carbocycles. The molecule has 0 aromatic heterocycles. The summed E-state index contributed by atoms with van der Waals surface area (Å²) in [5.74, 6) is 1.47. The Bertz CT molecular complexity index is 1210. The zero-order valence-corrected chi connectivity index (χ0v) is 19.2. The van der Waals surface area contributed by atoms with E-state index in [1.54, 1.807) is 11.8 Å². The molecule has 162 valence electrons. The van der Waals surface area contributed by atoms with Gasteiger partial charge in [0.1, 0.15) is 5.75 Å². The van der Waals surface area contributed by atoms with Crippen LogP contribution in [-0.4, -0.2) is 12.0 Å². The van der Waals surface area contributed by atoms with Gasteiger partial charge in [0.25, 0.3) is 5.91 Å². The Hall–Kier alpha value is -3.24. The Morgan fingerprint density at radius 3 is 2.41 bits per heavy atom. The van der Waals surface area contributed by atoms with Gasteiger partial charge in [-0.2, -0.15) is 0 Å². The summed E-state index contributed by atoms with van der Waals surface area (Å²) in [6, 6.07) is 30.6. The van der Waals surface area contributed by atoms with Crippen molar-refractivity contribution in [2.75, 3.05) is 5.32 Å². The molecule has 32 heavy (non-hydrogen) atoms. The van der Waals surface area contributed by atoms with E-state index in [1.165, 1.54) is 10.5 Å². The summed E-state index contributed by atoms with van der Waals surface area (Å²) < 4.78 is 6.04. The molecular formula is C28H27NO2S. The number of nitrogens with one attached hydrogen (secondary N) is 1. The number of amides is 1. The van der Waals surface area contributed by atoms with Crippen LogP contribution in [0.2, 0.25) is 0 Å². The number of anilines is 1. The van der Waals surface area contributed by atoms with Gasteiger partial charge in [-0.05, 0) is 65.6 Å². The predicted octanol–water partition coefficient (Wildman–Crippen LogP) is 7.24. The first kappa shape index (κ1) is 22.0. The summed E-state index contributed by atoms with van der Waals surface area (Å²) in [5.41, 5.74) is 3.10. The number of benzene rings is 4. The maximum absolute atomic E-state index is 12.9. The Kier molecular flexibility index (Phi) is 7.13. The van der Waals surface area contributed by atoms with Crippen LogP contribution < -0.4 is 10.1 Å². The third-order valence-electron chi connectivity index (χ3n) is 5.36. The Morgan fingerprint density at radius 2 is 1.66 bits per heavy atom. The SMILES string of the molecule is CC[C@@H](Oc1ccc2ccccc2c1)C(=O)Nc1ccc(CSc2ccccc2)cc1C. The summed E-state index contributed by atoms with van der Waals surface area (Å²) in [5, 5.41) is 5.30. The maximum atomic E-state index is 12.9. The molecule has 0 spiro atoms. The van der Waals surface area contributed by atoms with E-state index in [2.05, 4.69) is 47.8 Å². The lowest BCUT2D eigenvalue weighted by molar-refractivity contribution is -0.122. The summed E-state index contributed by atoms with van der Waals surface area (Å²) >= 11 is 1.81. The fourth-order valence-corrected chi connectivity index (χ4v) is 4.44. The van der Waals surface area contributed by atoms with Gasteiger partial charge in [-0.3, -0.25) is 4.79 Å². The third kappa shape index (κ3) is 5.51. The van der Waals surface area contributed by atoms with Crippen molar-refractivity contribution in [1.82, 2.24) is 0 Å². The van der Waals surface area contributed by atoms with Crippen LogP contribution in [-0.2, 0) is 10.5 Å². The van der Waals surface area contributed by atoms with E-state index in [9.17, 15) is 4.79 Å². The number of carbonyl (C=O) groups is 1. The quantitative estimate of drug-likeness (QED) is 0.293. The van der Waals surface area contributed by atoms with Gasteiger partial charge in [0.15, 0.2) is 6.10 Å². The molecule has 1 amide bonds. The number of aryl methyl sites for hydroxylation is 1. The molecule has 0 bridgehead atoms. The molecule has 1 atom stereocenters. The largest absolute Gasteiger partial charge is 0.481 e. The topological polar surface area (TPSA) is 38.3 Å². The fourth-order valence-electron chi connectivity index (χ4n) is 3.58. The zero-order valence-electron chi connectivity index (χ0n) is 18.4. The normalized spacial score (nSPS) is 11.8. The van der Waals surface area contributed by atoms with Gasteiger partial charge in [0.05, 0.1) is 0 Å². The van der Waals surface area contributed by atoms with E-state index in [1.807, 2.05) is 62.4 Å². The maximum Gasteiger partial charge on any atom is 0.265 e. The number of ether oxygens (including phenoxy) is 1. The van der Waals surface area contributed by atoms with Gasteiger partial charge in [-0.25, -0.2) is 0 Å². The summed E-state index contributed by atoms with van der Waals surface area (Å²) in [7, 11) is 0. The van der Waals surface area contributed by atoms with E-state index in [-0.39, 0.29) is 5.91 Å². The number of thioether (sulfide) groups is 1. The molecule has 0 aliphatic rings. The van der Waals surface area contributed by atoms with Crippen LogP contribution in [0.4, 0.5) is 5.69 Å².